The summed E-state index contributed by atoms with van der Waals surface area (Å²) in [7, 11) is 1.76. The molecule has 0 spiro atoms. The van der Waals surface area contributed by atoms with Crippen LogP contribution < -0.4 is 0 Å². The third-order valence-corrected chi connectivity index (χ3v) is 2.29. The smallest absolute Gasteiger partial charge is 0.354 e. The van der Waals surface area contributed by atoms with Crippen molar-refractivity contribution in [2.24, 2.45) is 7.05 Å². The summed E-state index contributed by atoms with van der Waals surface area (Å²) in [6, 6.07) is 0. The van der Waals surface area contributed by atoms with Crippen LogP contribution in [-0.4, -0.2) is 20.6 Å². The lowest BCUT2D eigenvalue weighted by atomic mass is 10.1. The quantitative estimate of drug-likeness (QED) is 0.717. The minimum atomic E-state index is -0.963. The summed E-state index contributed by atoms with van der Waals surface area (Å²) in [4.78, 5) is 13.5. The molecule has 1 aromatic rings. The van der Waals surface area contributed by atoms with E-state index in [1.54, 1.807) is 11.6 Å². The Morgan fingerprint density at radius 1 is 1.62 bits per heavy atom. The maximum atomic E-state index is 10.8. The van der Waals surface area contributed by atoms with Crippen LogP contribution in [0.2, 0.25) is 0 Å². The molecule has 0 radical (unpaired) electrons. The number of rotatable bonds is 2. The van der Waals surface area contributed by atoms with Crippen molar-refractivity contribution in [3.05, 3.63) is 16.2 Å². The lowest BCUT2D eigenvalue weighted by Gasteiger charge is -2.06. The fourth-order valence-electron chi connectivity index (χ4n) is 1.37. The van der Waals surface area contributed by atoms with Crippen LogP contribution in [0.4, 0.5) is 0 Å². The standard InChI is InChI=1S/C8H12N2O2S/c1-4(2)6-5(7(11)12)9-8(13)10(6)3/h4H,1-3H3,(H,9,13)(H,11,12). The van der Waals surface area contributed by atoms with Gasteiger partial charge in [0, 0.05) is 7.05 Å². The molecule has 0 saturated heterocycles. The second kappa shape index (κ2) is 3.33. The van der Waals surface area contributed by atoms with Gasteiger partial charge in [-0.05, 0) is 18.1 Å². The molecular weight excluding hydrogens is 188 g/mol. The molecule has 0 amide bonds. The lowest BCUT2D eigenvalue weighted by molar-refractivity contribution is 0.0689. The number of H-pyrrole nitrogens is 1. The van der Waals surface area contributed by atoms with Crippen molar-refractivity contribution in [1.82, 2.24) is 9.55 Å². The first kappa shape index (κ1) is 9.98. The molecule has 0 aliphatic carbocycles. The van der Waals surface area contributed by atoms with Gasteiger partial charge in [-0.2, -0.15) is 0 Å². The largest absolute Gasteiger partial charge is 0.477 e. The fraction of sp³-hybridized carbons (Fsp3) is 0.500. The van der Waals surface area contributed by atoms with Crippen molar-refractivity contribution >= 4 is 18.2 Å². The van der Waals surface area contributed by atoms with Crippen LogP contribution in [0.15, 0.2) is 0 Å². The van der Waals surface area contributed by atoms with Crippen LogP contribution in [-0.2, 0) is 7.05 Å². The number of aromatic amines is 1. The fourth-order valence-corrected chi connectivity index (χ4v) is 1.57. The van der Waals surface area contributed by atoms with E-state index >= 15 is 0 Å². The first-order valence-corrected chi connectivity index (χ1v) is 4.38. The van der Waals surface area contributed by atoms with Crippen LogP contribution in [0, 0.1) is 4.77 Å². The second-order valence-electron chi connectivity index (χ2n) is 3.21. The normalized spacial score (nSPS) is 10.8. The van der Waals surface area contributed by atoms with Gasteiger partial charge in [0.15, 0.2) is 4.77 Å². The number of hydrogen-bond donors (Lipinski definition) is 2. The molecule has 2 N–H and O–H groups in total. The van der Waals surface area contributed by atoms with E-state index in [1.165, 1.54) is 0 Å². The molecule has 1 rings (SSSR count). The topological polar surface area (TPSA) is 58.0 Å². The summed E-state index contributed by atoms with van der Waals surface area (Å²) in [6.45, 7) is 3.87. The Morgan fingerprint density at radius 3 is 2.46 bits per heavy atom. The second-order valence-corrected chi connectivity index (χ2v) is 3.60. The van der Waals surface area contributed by atoms with E-state index in [1.807, 2.05) is 13.8 Å². The average Bonchev–Trinajstić information content (AvgIpc) is 2.28. The maximum Gasteiger partial charge on any atom is 0.354 e. The van der Waals surface area contributed by atoms with E-state index in [4.69, 9.17) is 17.3 Å². The van der Waals surface area contributed by atoms with E-state index in [-0.39, 0.29) is 11.6 Å². The monoisotopic (exact) mass is 200 g/mol. The Labute approximate surface area is 81.2 Å². The van der Waals surface area contributed by atoms with Gasteiger partial charge in [-0.15, -0.1) is 0 Å². The molecule has 4 nitrogen and oxygen atoms in total. The number of nitrogens with zero attached hydrogens (tertiary/aromatic N) is 1. The SMILES string of the molecule is CC(C)c1c(C(=O)O)[nH]c(=S)n1C. The zero-order valence-corrected chi connectivity index (χ0v) is 8.60. The van der Waals surface area contributed by atoms with E-state index in [0.717, 1.165) is 5.69 Å². The number of aromatic nitrogens is 2. The minimum absolute atomic E-state index is 0.143. The van der Waals surface area contributed by atoms with Gasteiger partial charge in [0.25, 0.3) is 0 Å². The summed E-state index contributed by atoms with van der Waals surface area (Å²) in [5, 5.41) is 8.86. The predicted molar refractivity (Wildman–Crippen MR) is 51.6 cm³/mol. The van der Waals surface area contributed by atoms with Gasteiger partial charge in [0.1, 0.15) is 5.69 Å². The van der Waals surface area contributed by atoms with E-state index < -0.39 is 5.97 Å². The van der Waals surface area contributed by atoms with Gasteiger partial charge in [0.2, 0.25) is 0 Å². The Morgan fingerprint density at radius 2 is 2.15 bits per heavy atom. The third kappa shape index (κ3) is 1.65. The zero-order valence-electron chi connectivity index (χ0n) is 7.79. The lowest BCUT2D eigenvalue weighted by Crippen LogP contribution is -2.06. The molecule has 0 unspecified atom stereocenters. The number of carboxylic acids is 1. The molecule has 0 aliphatic rings. The average molecular weight is 200 g/mol. The van der Waals surface area contributed by atoms with Gasteiger partial charge in [-0.1, -0.05) is 13.8 Å². The Kier molecular flexibility index (Phi) is 2.56. The molecule has 5 heteroatoms. The number of carbonyl (C=O) groups is 1. The Hall–Kier alpha value is -1.10. The molecule has 1 heterocycles. The molecule has 1 aromatic heterocycles. The summed E-state index contributed by atoms with van der Waals surface area (Å²) in [6.07, 6.45) is 0. The van der Waals surface area contributed by atoms with Gasteiger partial charge in [0.05, 0.1) is 5.69 Å². The van der Waals surface area contributed by atoms with Crippen molar-refractivity contribution in [2.45, 2.75) is 19.8 Å². The number of nitrogens with one attached hydrogen (secondary N) is 1. The van der Waals surface area contributed by atoms with Crippen molar-refractivity contribution < 1.29 is 9.90 Å². The molecule has 0 saturated carbocycles. The summed E-state index contributed by atoms with van der Waals surface area (Å²) in [5.74, 6) is -0.820. The van der Waals surface area contributed by atoms with Crippen molar-refractivity contribution in [3.63, 3.8) is 0 Å². The van der Waals surface area contributed by atoms with Crippen molar-refractivity contribution in [2.75, 3.05) is 0 Å². The molecule has 0 fully saturated rings. The molecule has 0 aliphatic heterocycles. The summed E-state index contributed by atoms with van der Waals surface area (Å²) in [5.41, 5.74) is 0.931. The van der Waals surface area contributed by atoms with Gasteiger partial charge in [-0.3, -0.25) is 0 Å². The van der Waals surface area contributed by atoms with Crippen LogP contribution in [0.1, 0.15) is 35.9 Å². The van der Waals surface area contributed by atoms with E-state index in [0.29, 0.717) is 4.77 Å². The Bertz CT molecular complexity index is 389. The van der Waals surface area contributed by atoms with Gasteiger partial charge in [-0.25, -0.2) is 4.79 Å². The predicted octanol–water partition coefficient (Wildman–Crippen LogP) is 1.90. The number of aromatic carboxylic acids is 1. The number of imidazole rings is 1. The van der Waals surface area contributed by atoms with E-state index in [9.17, 15) is 4.79 Å². The molecule has 0 aromatic carbocycles. The van der Waals surface area contributed by atoms with E-state index in [2.05, 4.69) is 4.98 Å². The van der Waals surface area contributed by atoms with Gasteiger partial charge >= 0.3 is 5.97 Å². The number of carboxylic acid groups (broad SMARTS) is 1. The number of hydrogen-bond acceptors (Lipinski definition) is 2. The minimum Gasteiger partial charge on any atom is -0.477 e. The highest BCUT2D eigenvalue weighted by atomic mass is 32.1. The molecular formula is C8H12N2O2S. The first-order chi connectivity index (χ1) is 5.95. The van der Waals surface area contributed by atoms with Crippen LogP contribution in [0.3, 0.4) is 0 Å². The molecule has 72 valence electrons. The highest BCUT2D eigenvalue weighted by Gasteiger charge is 2.17. The van der Waals surface area contributed by atoms with Crippen LogP contribution >= 0.6 is 12.2 Å². The van der Waals surface area contributed by atoms with Crippen LogP contribution in [0.5, 0.6) is 0 Å². The zero-order chi connectivity index (χ0) is 10.2. The summed E-state index contributed by atoms with van der Waals surface area (Å²) >= 11 is 4.94. The highest BCUT2D eigenvalue weighted by Crippen LogP contribution is 2.18. The highest BCUT2D eigenvalue weighted by molar-refractivity contribution is 7.71. The maximum absolute atomic E-state index is 10.8. The molecule has 0 atom stereocenters. The van der Waals surface area contributed by atoms with Gasteiger partial charge < -0.3 is 14.7 Å². The van der Waals surface area contributed by atoms with Crippen molar-refractivity contribution in [1.29, 1.82) is 0 Å². The summed E-state index contributed by atoms with van der Waals surface area (Å²) < 4.78 is 2.14. The third-order valence-electron chi connectivity index (χ3n) is 1.91. The molecule has 13 heavy (non-hydrogen) atoms. The first-order valence-electron chi connectivity index (χ1n) is 3.97. The van der Waals surface area contributed by atoms with Crippen molar-refractivity contribution in [3.8, 4) is 0 Å². The van der Waals surface area contributed by atoms with Crippen LogP contribution in [0.25, 0.3) is 0 Å². The molecule has 0 bridgehead atoms. The Balaban J connectivity index is 3.44.